The van der Waals surface area contributed by atoms with Gasteiger partial charge in [0.1, 0.15) is 0 Å². The Hall–Kier alpha value is -1.06. The van der Waals surface area contributed by atoms with Gasteiger partial charge in [0.15, 0.2) is 0 Å². The van der Waals surface area contributed by atoms with Gasteiger partial charge < -0.3 is 11.1 Å². The van der Waals surface area contributed by atoms with Crippen LogP contribution in [0, 0.1) is 13.8 Å². The molecule has 0 spiro atoms. The second kappa shape index (κ2) is 6.51. The molecule has 3 N–H and O–H groups in total. The average Bonchev–Trinajstić information content (AvgIpc) is 2.21. The summed E-state index contributed by atoms with van der Waals surface area (Å²) >= 11 is 0. The molecule has 0 fully saturated rings. The largest absolute Gasteiger partial charge is 0.348 e. The van der Waals surface area contributed by atoms with Gasteiger partial charge in [0.25, 0.3) is 5.91 Å². The molecule has 4 heteroatoms. The molecule has 0 aliphatic heterocycles. The van der Waals surface area contributed by atoms with Crippen LogP contribution in [0.4, 0.5) is 0 Å². The van der Waals surface area contributed by atoms with Crippen LogP contribution in [0.15, 0.2) is 18.2 Å². The Balaban J connectivity index is 0.00000225. The zero-order valence-corrected chi connectivity index (χ0v) is 10.7. The molecule has 0 unspecified atom stereocenters. The normalized spacial score (nSPS) is 11.5. The maximum Gasteiger partial charge on any atom is 0.251 e. The zero-order valence-electron chi connectivity index (χ0n) is 9.91. The van der Waals surface area contributed by atoms with Crippen molar-refractivity contribution in [3.8, 4) is 0 Å². The Labute approximate surface area is 103 Å². The van der Waals surface area contributed by atoms with Crippen LogP contribution in [0.1, 0.15) is 28.4 Å². The molecule has 0 aromatic heterocycles. The third-order valence-corrected chi connectivity index (χ3v) is 2.37. The fourth-order valence-corrected chi connectivity index (χ4v) is 1.34. The summed E-state index contributed by atoms with van der Waals surface area (Å²) in [5.41, 5.74) is 8.26. The lowest BCUT2D eigenvalue weighted by molar-refractivity contribution is 0.0940. The summed E-state index contributed by atoms with van der Waals surface area (Å²) in [6.07, 6.45) is 0. The fourth-order valence-electron chi connectivity index (χ4n) is 1.34. The first-order valence-electron chi connectivity index (χ1n) is 5.12. The number of carbonyl (C=O) groups excluding carboxylic acids is 1. The van der Waals surface area contributed by atoms with Crippen molar-refractivity contribution in [3.05, 3.63) is 34.9 Å². The molecule has 90 valence electrons. The summed E-state index contributed by atoms with van der Waals surface area (Å²) in [4.78, 5) is 11.8. The Morgan fingerprint density at radius 2 is 2.06 bits per heavy atom. The number of nitrogens with one attached hydrogen (secondary N) is 1. The number of amides is 1. The molecule has 0 saturated carbocycles. The van der Waals surface area contributed by atoms with E-state index < -0.39 is 0 Å². The summed E-state index contributed by atoms with van der Waals surface area (Å²) in [5.74, 6) is -0.0471. The molecule has 1 aromatic rings. The quantitative estimate of drug-likeness (QED) is 0.849. The van der Waals surface area contributed by atoms with Gasteiger partial charge in [0.05, 0.1) is 0 Å². The molecule has 0 radical (unpaired) electrons. The lowest BCUT2D eigenvalue weighted by Crippen LogP contribution is -2.38. The Bertz CT molecular complexity index is 366. The molecule has 1 aromatic carbocycles. The summed E-state index contributed by atoms with van der Waals surface area (Å²) in [7, 11) is 0. The molecule has 0 aliphatic carbocycles. The predicted molar refractivity (Wildman–Crippen MR) is 69.1 cm³/mol. The smallest absolute Gasteiger partial charge is 0.251 e. The van der Waals surface area contributed by atoms with Crippen LogP contribution in [0.25, 0.3) is 0 Å². The van der Waals surface area contributed by atoms with Crippen molar-refractivity contribution >= 4 is 18.3 Å². The maximum absolute atomic E-state index is 11.8. The monoisotopic (exact) mass is 242 g/mol. The van der Waals surface area contributed by atoms with E-state index in [-0.39, 0.29) is 24.4 Å². The minimum absolute atomic E-state index is 0. The van der Waals surface area contributed by atoms with Crippen LogP contribution in [-0.2, 0) is 0 Å². The van der Waals surface area contributed by atoms with Crippen molar-refractivity contribution in [1.29, 1.82) is 0 Å². The first-order chi connectivity index (χ1) is 7.04. The summed E-state index contributed by atoms with van der Waals surface area (Å²) in [6, 6.07) is 5.86. The van der Waals surface area contributed by atoms with Gasteiger partial charge in [-0.1, -0.05) is 17.7 Å². The van der Waals surface area contributed by atoms with Crippen molar-refractivity contribution in [2.45, 2.75) is 26.8 Å². The van der Waals surface area contributed by atoms with Crippen molar-refractivity contribution in [3.63, 3.8) is 0 Å². The molecule has 1 rings (SSSR count). The molecule has 0 bridgehead atoms. The number of rotatable bonds is 3. The van der Waals surface area contributed by atoms with Gasteiger partial charge in [-0.2, -0.15) is 0 Å². The van der Waals surface area contributed by atoms with Gasteiger partial charge in [-0.05, 0) is 32.4 Å². The minimum atomic E-state index is -0.0471. The number of carbonyl (C=O) groups is 1. The van der Waals surface area contributed by atoms with Gasteiger partial charge in [-0.15, -0.1) is 12.4 Å². The highest BCUT2D eigenvalue weighted by molar-refractivity contribution is 5.95. The molecule has 0 saturated heterocycles. The molecular formula is C12H19ClN2O. The zero-order chi connectivity index (χ0) is 11.4. The topological polar surface area (TPSA) is 55.1 Å². The number of aryl methyl sites for hydroxylation is 2. The van der Waals surface area contributed by atoms with E-state index in [1.54, 1.807) is 0 Å². The molecule has 1 atom stereocenters. The standard InChI is InChI=1S/C12H18N2O.ClH/c1-8-4-5-9(2)11(6-8)12(15)14-10(3)7-13;/h4-6,10H,7,13H2,1-3H3,(H,14,15);1H/t10-;/m1./s1. The van der Waals surface area contributed by atoms with Crippen molar-refractivity contribution in [2.24, 2.45) is 5.73 Å². The summed E-state index contributed by atoms with van der Waals surface area (Å²) in [6.45, 7) is 6.25. The lowest BCUT2D eigenvalue weighted by Gasteiger charge is -2.13. The molecule has 1 amide bonds. The van der Waals surface area contributed by atoms with E-state index in [9.17, 15) is 4.79 Å². The number of halogens is 1. The van der Waals surface area contributed by atoms with Crippen LogP contribution in [0.5, 0.6) is 0 Å². The van der Waals surface area contributed by atoms with Crippen molar-refractivity contribution < 1.29 is 4.79 Å². The van der Waals surface area contributed by atoms with Gasteiger partial charge in [-0.3, -0.25) is 4.79 Å². The fraction of sp³-hybridized carbons (Fsp3) is 0.417. The van der Waals surface area contributed by atoms with E-state index >= 15 is 0 Å². The third-order valence-electron chi connectivity index (χ3n) is 2.37. The second-order valence-corrected chi connectivity index (χ2v) is 3.93. The van der Waals surface area contributed by atoms with Crippen molar-refractivity contribution in [1.82, 2.24) is 5.32 Å². The van der Waals surface area contributed by atoms with Crippen LogP contribution in [0.2, 0.25) is 0 Å². The molecular weight excluding hydrogens is 224 g/mol. The van der Waals surface area contributed by atoms with Crippen molar-refractivity contribution in [2.75, 3.05) is 6.54 Å². The van der Waals surface area contributed by atoms with Crippen LogP contribution in [0.3, 0.4) is 0 Å². The maximum atomic E-state index is 11.8. The SMILES string of the molecule is Cc1ccc(C)c(C(=O)N[C@H](C)CN)c1.Cl. The van der Waals surface area contributed by atoms with Gasteiger partial charge in [-0.25, -0.2) is 0 Å². The minimum Gasteiger partial charge on any atom is -0.348 e. The Kier molecular flexibility index (Phi) is 6.08. The van der Waals surface area contributed by atoms with Gasteiger partial charge in [0.2, 0.25) is 0 Å². The van der Waals surface area contributed by atoms with E-state index in [1.165, 1.54) is 0 Å². The predicted octanol–water partition coefficient (Wildman–Crippen LogP) is 1.80. The Morgan fingerprint density at radius 3 is 2.62 bits per heavy atom. The second-order valence-electron chi connectivity index (χ2n) is 3.93. The van der Waals surface area contributed by atoms with Crippen LogP contribution < -0.4 is 11.1 Å². The lowest BCUT2D eigenvalue weighted by atomic mass is 10.0. The van der Waals surface area contributed by atoms with E-state index in [1.807, 2.05) is 39.0 Å². The number of nitrogens with two attached hydrogens (primary N) is 1. The molecule has 0 aliphatic rings. The highest BCUT2D eigenvalue weighted by atomic mass is 35.5. The van der Waals surface area contributed by atoms with Gasteiger partial charge >= 0.3 is 0 Å². The first kappa shape index (κ1) is 14.9. The highest BCUT2D eigenvalue weighted by Gasteiger charge is 2.10. The summed E-state index contributed by atoms with van der Waals surface area (Å²) < 4.78 is 0. The summed E-state index contributed by atoms with van der Waals surface area (Å²) in [5, 5.41) is 2.85. The van der Waals surface area contributed by atoms with E-state index in [0.29, 0.717) is 6.54 Å². The van der Waals surface area contributed by atoms with E-state index in [2.05, 4.69) is 5.32 Å². The highest BCUT2D eigenvalue weighted by Crippen LogP contribution is 2.10. The number of benzene rings is 1. The third kappa shape index (κ3) is 3.83. The first-order valence-corrected chi connectivity index (χ1v) is 5.12. The average molecular weight is 243 g/mol. The van der Waals surface area contributed by atoms with E-state index in [4.69, 9.17) is 5.73 Å². The molecule has 0 heterocycles. The van der Waals surface area contributed by atoms with E-state index in [0.717, 1.165) is 16.7 Å². The molecule has 3 nitrogen and oxygen atoms in total. The van der Waals surface area contributed by atoms with Gasteiger partial charge in [0, 0.05) is 18.2 Å². The number of hydrogen-bond donors (Lipinski definition) is 2. The van der Waals surface area contributed by atoms with Crippen LogP contribution >= 0.6 is 12.4 Å². The van der Waals surface area contributed by atoms with Crippen LogP contribution in [-0.4, -0.2) is 18.5 Å². The Morgan fingerprint density at radius 1 is 1.44 bits per heavy atom. The molecule has 16 heavy (non-hydrogen) atoms. The number of hydrogen-bond acceptors (Lipinski definition) is 2.